The Morgan fingerprint density at radius 1 is 1.36 bits per heavy atom. The highest BCUT2D eigenvalue weighted by Gasteiger charge is 2.20. The lowest BCUT2D eigenvalue weighted by Gasteiger charge is -2.29. The van der Waals surface area contributed by atoms with E-state index in [-0.39, 0.29) is 11.8 Å². The Bertz CT molecular complexity index is 766. The van der Waals surface area contributed by atoms with Crippen LogP contribution in [0.15, 0.2) is 22.7 Å². The number of morpholine rings is 1. The molecule has 1 amide bonds. The van der Waals surface area contributed by atoms with E-state index in [1.165, 1.54) is 0 Å². The number of ether oxygens (including phenoxy) is 1. The maximum absolute atomic E-state index is 12.6. The number of carbonyl (C=O) groups excluding carboxylic acids is 1. The van der Waals surface area contributed by atoms with Gasteiger partial charge < -0.3 is 15.0 Å². The van der Waals surface area contributed by atoms with Gasteiger partial charge >= 0.3 is 0 Å². The van der Waals surface area contributed by atoms with Crippen molar-refractivity contribution in [3.63, 3.8) is 0 Å². The van der Waals surface area contributed by atoms with Gasteiger partial charge in [-0.15, -0.1) is 0 Å². The topological polar surface area (TPSA) is 70.2 Å². The molecule has 0 unspecified atom stereocenters. The second-order valence-corrected chi connectivity index (χ2v) is 7.30. The average molecular weight is 407 g/mol. The van der Waals surface area contributed by atoms with Crippen LogP contribution in [0.2, 0.25) is 0 Å². The Hall–Kier alpha value is -1.86. The van der Waals surface area contributed by atoms with E-state index in [9.17, 15) is 4.79 Å². The molecule has 6 nitrogen and oxygen atoms in total. The van der Waals surface area contributed by atoms with Crippen LogP contribution in [0.3, 0.4) is 0 Å². The number of aromatic amines is 1. The van der Waals surface area contributed by atoms with Crippen molar-refractivity contribution in [2.75, 3.05) is 36.5 Å². The highest BCUT2D eigenvalue weighted by Crippen LogP contribution is 2.27. The van der Waals surface area contributed by atoms with Gasteiger partial charge in [-0.05, 0) is 52.5 Å². The zero-order chi connectivity index (χ0) is 18.0. The largest absolute Gasteiger partial charge is 0.378 e. The van der Waals surface area contributed by atoms with Crippen molar-refractivity contribution in [3.8, 4) is 0 Å². The van der Waals surface area contributed by atoms with Crippen LogP contribution in [0.4, 0.5) is 11.4 Å². The molecule has 1 aromatic carbocycles. The Labute approximate surface area is 156 Å². The first kappa shape index (κ1) is 17.9. The van der Waals surface area contributed by atoms with Gasteiger partial charge in [-0.3, -0.25) is 9.89 Å². The molecule has 25 heavy (non-hydrogen) atoms. The minimum absolute atomic E-state index is 0.225. The summed E-state index contributed by atoms with van der Waals surface area (Å²) in [7, 11) is 0. The van der Waals surface area contributed by atoms with E-state index in [1.807, 2.05) is 19.1 Å². The summed E-state index contributed by atoms with van der Waals surface area (Å²) in [5.74, 6) is 0.0372. The fraction of sp³-hybridized carbons (Fsp3) is 0.444. The van der Waals surface area contributed by atoms with Crippen LogP contribution in [0.25, 0.3) is 0 Å². The third-order valence-electron chi connectivity index (χ3n) is 4.36. The SMILES string of the molecule is Cc1cc(N2CCOCC2)ccc1NC(=O)c1n[nH]c(C(C)C)c1Br. The molecule has 1 aromatic heterocycles. The average Bonchev–Trinajstić information content (AvgIpc) is 2.99. The third kappa shape index (κ3) is 3.88. The molecular weight excluding hydrogens is 384 g/mol. The van der Waals surface area contributed by atoms with Crippen molar-refractivity contribution in [1.29, 1.82) is 0 Å². The van der Waals surface area contributed by atoms with E-state index in [1.54, 1.807) is 0 Å². The standard InChI is InChI=1S/C18H23BrN4O2/c1-11(2)16-15(19)17(22-21-16)18(24)20-14-5-4-13(10-12(14)3)23-6-8-25-9-7-23/h4-5,10-11H,6-9H2,1-3H3,(H,20,24)(H,21,22). The molecule has 3 rings (SSSR count). The highest BCUT2D eigenvalue weighted by molar-refractivity contribution is 9.10. The summed E-state index contributed by atoms with van der Waals surface area (Å²) in [6, 6.07) is 6.08. The number of benzene rings is 1. The summed E-state index contributed by atoms with van der Waals surface area (Å²) < 4.78 is 6.12. The number of hydrogen-bond acceptors (Lipinski definition) is 4. The van der Waals surface area contributed by atoms with E-state index in [0.717, 1.165) is 53.4 Å². The Balaban J connectivity index is 1.75. The molecule has 0 bridgehead atoms. The third-order valence-corrected chi connectivity index (χ3v) is 5.16. The van der Waals surface area contributed by atoms with Crippen LogP contribution in [0.1, 0.15) is 41.5 Å². The highest BCUT2D eigenvalue weighted by atomic mass is 79.9. The summed E-state index contributed by atoms with van der Waals surface area (Å²) in [6.07, 6.45) is 0. The number of hydrogen-bond donors (Lipinski definition) is 2. The number of anilines is 2. The van der Waals surface area contributed by atoms with Gasteiger partial charge in [0.1, 0.15) is 0 Å². The lowest BCUT2D eigenvalue weighted by molar-refractivity contribution is 0.102. The van der Waals surface area contributed by atoms with Crippen molar-refractivity contribution in [1.82, 2.24) is 10.2 Å². The number of rotatable bonds is 4. The van der Waals surface area contributed by atoms with Gasteiger partial charge in [0.05, 0.1) is 23.4 Å². The predicted octanol–water partition coefficient (Wildman–Crippen LogP) is 3.69. The molecule has 0 aliphatic carbocycles. The van der Waals surface area contributed by atoms with Crippen molar-refractivity contribution in [3.05, 3.63) is 39.6 Å². The minimum Gasteiger partial charge on any atom is -0.378 e. The van der Waals surface area contributed by atoms with Crippen LogP contribution in [-0.2, 0) is 4.74 Å². The minimum atomic E-state index is -0.225. The van der Waals surface area contributed by atoms with Crippen molar-refractivity contribution < 1.29 is 9.53 Å². The Morgan fingerprint density at radius 3 is 2.68 bits per heavy atom. The number of nitrogens with zero attached hydrogens (tertiary/aromatic N) is 2. The number of aromatic nitrogens is 2. The zero-order valence-electron chi connectivity index (χ0n) is 14.7. The Kier molecular flexibility index (Phi) is 5.44. The smallest absolute Gasteiger partial charge is 0.277 e. The van der Waals surface area contributed by atoms with E-state index in [2.05, 4.69) is 56.3 Å². The molecule has 2 heterocycles. The maximum atomic E-state index is 12.6. The van der Waals surface area contributed by atoms with Crippen LogP contribution < -0.4 is 10.2 Å². The molecule has 0 saturated carbocycles. The number of H-pyrrole nitrogens is 1. The molecular formula is C18H23BrN4O2. The zero-order valence-corrected chi connectivity index (χ0v) is 16.3. The van der Waals surface area contributed by atoms with Gasteiger partial charge in [-0.1, -0.05) is 13.8 Å². The van der Waals surface area contributed by atoms with E-state index in [4.69, 9.17) is 4.74 Å². The first-order valence-corrected chi connectivity index (χ1v) is 9.25. The molecule has 1 aliphatic heterocycles. The normalized spacial score (nSPS) is 14.8. The predicted molar refractivity (Wildman–Crippen MR) is 103 cm³/mol. The summed E-state index contributed by atoms with van der Waals surface area (Å²) in [5, 5.41) is 10.0. The number of nitrogens with one attached hydrogen (secondary N) is 2. The molecule has 0 spiro atoms. The first-order valence-electron chi connectivity index (χ1n) is 8.46. The molecule has 1 fully saturated rings. The lowest BCUT2D eigenvalue weighted by Crippen LogP contribution is -2.36. The number of aryl methyl sites for hydroxylation is 1. The number of carbonyl (C=O) groups is 1. The van der Waals surface area contributed by atoms with Gasteiger partial charge in [-0.2, -0.15) is 5.10 Å². The first-order chi connectivity index (χ1) is 12.0. The Morgan fingerprint density at radius 2 is 2.08 bits per heavy atom. The van der Waals surface area contributed by atoms with Crippen molar-refractivity contribution in [2.24, 2.45) is 0 Å². The summed E-state index contributed by atoms with van der Waals surface area (Å²) >= 11 is 3.47. The van der Waals surface area contributed by atoms with Gasteiger partial charge in [0, 0.05) is 24.5 Å². The van der Waals surface area contributed by atoms with Crippen LogP contribution >= 0.6 is 15.9 Å². The fourth-order valence-corrected chi connectivity index (χ4v) is 3.68. The molecule has 134 valence electrons. The van der Waals surface area contributed by atoms with E-state index in [0.29, 0.717) is 5.69 Å². The van der Waals surface area contributed by atoms with Crippen molar-refractivity contribution >= 4 is 33.2 Å². The van der Waals surface area contributed by atoms with Crippen molar-refractivity contribution in [2.45, 2.75) is 26.7 Å². The van der Waals surface area contributed by atoms with Crippen LogP contribution in [0, 0.1) is 6.92 Å². The van der Waals surface area contributed by atoms with Crippen LogP contribution in [-0.4, -0.2) is 42.4 Å². The van der Waals surface area contributed by atoms with Gasteiger partial charge in [0.15, 0.2) is 5.69 Å². The maximum Gasteiger partial charge on any atom is 0.277 e. The van der Waals surface area contributed by atoms with E-state index < -0.39 is 0 Å². The molecule has 1 saturated heterocycles. The summed E-state index contributed by atoms with van der Waals surface area (Å²) in [6.45, 7) is 9.39. The monoisotopic (exact) mass is 406 g/mol. The van der Waals surface area contributed by atoms with Gasteiger partial charge in [0.25, 0.3) is 5.91 Å². The summed E-state index contributed by atoms with van der Waals surface area (Å²) in [4.78, 5) is 14.9. The number of halogens is 1. The van der Waals surface area contributed by atoms with Crippen LogP contribution in [0.5, 0.6) is 0 Å². The quantitative estimate of drug-likeness (QED) is 0.811. The second kappa shape index (κ2) is 7.58. The molecule has 0 radical (unpaired) electrons. The number of amides is 1. The van der Waals surface area contributed by atoms with Gasteiger partial charge in [-0.25, -0.2) is 0 Å². The molecule has 7 heteroatoms. The molecule has 2 aromatic rings. The van der Waals surface area contributed by atoms with E-state index >= 15 is 0 Å². The summed E-state index contributed by atoms with van der Waals surface area (Å²) in [5.41, 5.74) is 4.27. The fourth-order valence-electron chi connectivity index (χ4n) is 2.86. The molecule has 1 aliphatic rings. The van der Waals surface area contributed by atoms with Gasteiger partial charge in [0.2, 0.25) is 0 Å². The second-order valence-electron chi connectivity index (χ2n) is 6.51. The molecule has 0 atom stereocenters. The molecule has 2 N–H and O–H groups in total. The lowest BCUT2D eigenvalue weighted by atomic mass is 10.1.